The molecule has 0 aromatic carbocycles. The Morgan fingerprint density at radius 1 is 1.40 bits per heavy atom. The number of hydrogen-bond donors (Lipinski definition) is 4. The SMILES string of the molecule is Nc1ccc(NCC2(CO)CC2)nc1N. The van der Waals surface area contributed by atoms with Crippen molar-refractivity contribution in [2.75, 3.05) is 29.9 Å². The van der Waals surface area contributed by atoms with E-state index in [4.69, 9.17) is 16.6 Å². The topological polar surface area (TPSA) is 97.2 Å². The number of aliphatic hydroxyl groups excluding tert-OH is 1. The van der Waals surface area contributed by atoms with Crippen LogP contribution in [-0.4, -0.2) is 23.2 Å². The minimum absolute atomic E-state index is 0.0673. The quantitative estimate of drug-likeness (QED) is 0.575. The van der Waals surface area contributed by atoms with Gasteiger partial charge in [-0.2, -0.15) is 0 Å². The molecule has 0 amide bonds. The van der Waals surface area contributed by atoms with E-state index in [2.05, 4.69) is 10.3 Å². The molecule has 1 aliphatic rings. The smallest absolute Gasteiger partial charge is 0.149 e. The van der Waals surface area contributed by atoms with Gasteiger partial charge in [-0.1, -0.05) is 0 Å². The second kappa shape index (κ2) is 3.58. The molecule has 0 radical (unpaired) electrons. The molecule has 1 saturated carbocycles. The van der Waals surface area contributed by atoms with Gasteiger partial charge in [0.05, 0.1) is 12.3 Å². The minimum Gasteiger partial charge on any atom is -0.396 e. The fourth-order valence-electron chi connectivity index (χ4n) is 1.43. The number of nitrogens with zero attached hydrogens (tertiary/aromatic N) is 1. The van der Waals surface area contributed by atoms with Gasteiger partial charge >= 0.3 is 0 Å². The molecule has 6 N–H and O–H groups in total. The van der Waals surface area contributed by atoms with Crippen molar-refractivity contribution in [3.63, 3.8) is 0 Å². The van der Waals surface area contributed by atoms with Crippen LogP contribution >= 0.6 is 0 Å². The molecule has 1 aromatic heterocycles. The summed E-state index contributed by atoms with van der Waals surface area (Å²) in [5.74, 6) is 1.05. The Balaban J connectivity index is 1.96. The first-order valence-electron chi connectivity index (χ1n) is 5.02. The second-order valence-electron chi connectivity index (χ2n) is 4.18. The number of pyridine rings is 1. The van der Waals surface area contributed by atoms with Gasteiger partial charge in [-0.15, -0.1) is 0 Å². The zero-order valence-corrected chi connectivity index (χ0v) is 8.53. The third kappa shape index (κ3) is 2.12. The van der Waals surface area contributed by atoms with Crippen LogP contribution in [0.3, 0.4) is 0 Å². The average Bonchev–Trinajstić information content (AvgIpc) is 3.01. The van der Waals surface area contributed by atoms with Crippen LogP contribution < -0.4 is 16.8 Å². The number of nitrogens with one attached hydrogen (secondary N) is 1. The van der Waals surface area contributed by atoms with Gasteiger partial charge in [0.15, 0.2) is 0 Å². The zero-order chi connectivity index (χ0) is 10.9. The van der Waals surface area contributed by atoms with Crippen molar-refractivity contribution in [1.29, 1.82) is 0 Å². The van der Waals surface area contributed by atoms with E-state index in [0.29, 0.717) is 17.3 Å². The summed E-state index contributed by atoms with van der Waals surface area (Å²) in [4.78, 5) is 4.10. The van der Waals surface area contributed by atoms with Crippen LogP contribution in [0, 0.1) is 5.41 Å². The fourth-order valence-corrected chi connectivity index (χ4v) is 1.43. The lowest BCUT2D eigenvalue weighted by atomic mass is 10.1. The molecule has 1 aromatic rings. The van der Waals surface area contributed by atoms with Gasteiger partial charge in [-0.3, -0.25) is 0 Å². The van der Waals surface area contributed by atoms with Gasteiger partial charge < -0.3 is 21.9 Å². The van der Waals surface area contributed by atoms with Gasteiger partial charge in [0.1, 0.15) is 11.6 Å². The van der Waals surface area contributed by atoms with Gasteiger partial charge in [-0.25, -0.2) is 4.98 Å². The Labute approximate surface area is 88.5 Å². The Hall–Kier alpha value is -1.49. The maximum atomic E-state index is 9.13. The summed E-state index contributed by atoms with van der Waals surface area (Å²) in [5.41, 5.74) is 11.7. The third-order valence-corrected chi connectivity index (χ3v) is 2.89. The summed E-state index contributed by atoms with van der Waals surface area (Å²) >= 11 is 0. The number of nitrogen functional groups attached to an aromatic ring is 2. The van der Waals surface area contributed by atoms with Crippen molar-refractivity contribution in [2.45, 2.75) is 12.8 Å². The number of aliphatic hydroxyl groups is 1. The highest BCUT2D eigenvalue weighted by Crippen LogP contribution is 2.44. The van der Waals surface area contributed by atoms with Gasteiger partial charge in [0.25, 0.3) is 0 Å². The number of rotatable bonds is 4. The molecule has 1 aliphatic carbocycles. The Morgan fingerprint density at radius 2 is 2.13 bits per heavy atom. The molecule has 1 fully saturated rings. The highest BCUT2D eigenvalue weighted by atomic mass is 16.3. The van der Waals surface area contributed by atoms with E-state index in [9.17, 15) is 0 Å². The Kier molecular flexibility index (Phi) is 2.40. The van der Waals surface area contributed by atoms with Crippen molar-refractivity contribution in [3.05, 3.63) is 12.1 Å². The number of aromatic nitrogens is 1. The Bertz CT molecular complexity index is 362. The molecule has 0 unspecified atom stereocenters. The van der Waals surface area contributed by atoms with Crippen LogP contribution in [0.25, 0.3) is 0 Å². The summed E-state index contributed by atoms with van der Waals surface area (Å²) in [7, 11) is 0. The summed E-state index contributed by atoms with van der Waals surface area (Å²) in [5, 5.41) is 12.3. The van der Waals surface area contributed by atoms with Crippen LogP contribution in [-0.2, 0) is 0 Å². The first kappa shape index (κ1) is 10.0. The highest BCUT2D eigenvalue weighted by molar-refractivity contribution is 5.61. The highest BCUT2D eigenvalue weighted by Gasteiger charge is 2.41. The van der Waals surface area contributed by atoms with E-state index in [1.54, 1.807) is 12.1 Å². The van der Waals surface area contributed by atoms with Crippen molar-refractivity contribution >= 4 is 17.3 Å². The van der Waals surface area contributed by atoms with Crippen LogP contribution in [0.2, 0.25) is 0 Å². The summed E-state index contributed by atoms with van der Waals surface area (Å²) in [6, 6.07) is 3.52. The third-order valence-electron chi connectivity index (χ3n) is 2.89. The molecule has 0 bridgehead atoms. The largest absolute Gasteiger partial charge is 0.396 e. The molecule has 2 rings (SSSR count). The lowest BCUT2D eigenvalue weighted by Crippen LogP contribution is -2.19. The van der Waals surface area contributed by atoms with Crippen LogP contribution in [0.15, 0.2) is 12.1 Å². The molecule has 15 heavy (non-hydrogen) atoms. The fraction of sp³-hybridized carbons (Fsp3) is 0.500. The summed E-state index contributed by atoms with van der Waals surface area (Å²) in [6.45, 7) is 0.963. The van der Waals surface area contributed by atoms with Crippen molar-refractivity contribution in [1.82, 2.24) is 4.98 Å². The predicted octanol–water partition coefficient (Wildman–Crippen LogP) is 0.430. The van der Waals surface area contributed by atoms with E-state index < -0.39 is 0 Å². The minimum atomic E-state index is 0.0673. The number of anilines is 3. The molecule has 1 heterocycles. The molecule has 82 valence electrons. The van der Waals surface area contributed by atoms with Gasteiger partial charge in [-0.05, 0) is 25.0 Å². The second-order valence-corrected chi connectivity index (χ2v) is 4.18. The van der Waals surface area contributed by atoms with Crippen molar-refractivity contribution in [2.24, 2.45) is 5.41 Å². The number of nitrogens with two attached hydrogens (primary N) is 2. The van der Waals surface area contributed by atoms with E-state index in [1.807, 2.05) is 0 Å². The van der Waals surface area contributed by atoms with E-state index in [1.165, 1.54) is 0 Å². The Morgan fingerprint density at radius 3 is 2.67 bits per heavy atom. The summed E-state index contributed by atoms with van der Waals surface area (Å²) in [6.07, 6.45) is 2.14. The molecular weight excluding hydrogens is 192 g/mol. The molecule has 5 nitrogen and oxygen atoms in total. The molecular formula is C10H16N4O. The average molecular weight is 208 g/mol. The van der Waals surface area contributed by atoms with E-state index >= 15 is 0 Å². The maximum Gasteiger partial charge on any atom is 0.149 e. The standard InChI is InChI=1S/C10H16N4O/c11-7-1-2-8(14-9(7)12)13-5-10(6-15)3-4-10/h1-2,15H,3-6,11H2,(H3,12,13,14). The maximum absolute atomic E-state index is 9.13. The van der Waals surface area contributed by atoms with Crippen LogP contribution in [0.4, 0.5) is 17.3 Å². The van der Waals surface area contributed by atoms with Gasteiger partial charge in [0, 0.05) is 12.0 Å². The molecule has 0 aliphatic heterocycles. The van der Waals surface area contributed by atoms with Crippen molar-refractivity contribution in [3.8, 4) is 0 Å². The van der Waals surface area contributed by atoms with Gasteiger partial charge in [0.2, 0.25) is 0 Å². The lowest BCUT2D eigenvalue weighted by molar-refractivity contribution is 0.219. The zero-order valence-electron chi connectivity index (χ0n) is 8.53. The van der Waals surface area contributed by atoms with E-state index in [-0.39, 0.29) is 12.0 Å². The van der Waals surface area contributed by atoms with Crippen LogP contribution in [0.1, 0.15) is 12.8 Å². The van der Waals surface area contributed by atoms with E-state index in [0.717, 1.165) is 19.4 Å². The number of hydrogen-bond acceptors (Lipinski definition) is 5. The van der Waals surface area contributed by atoms with Crippen LogP contribution in [0.5, 0.6) is 0 Å². The summed E-state index contributed by atoms with van der Waals surface area (Å²) < 4.78 is 0. The predicted molar refractivity (Wildman–Crippen MR) is 60.3 cm³/mol. The first-order chi connectivity index (χ1) is 7.15. The monoisotopic (exact) mass is 208 g/mol. The molecule has 0 spiro atoms. The normalized spacial score (nSPS) is 17.4. The van der Waals surface area contributed by atoms with Crippen molar-refractivity contribution < 1.29 is 5.11 Å². The lowest BCUT2D eigenvalue weighted by Gasteiger charge is -2.13. The molecule has 0 atom stereocenters. The first-order valence-corrected chi connectivity index (χ1v) is 5.02. The molecule has 5 heteroatoms. The molecule has 0 saturated heterocycles.